The number of benzene rings is 1. The Bertz CT molecular complexity index is 1090. The molecular formula is C23H21NO8. The topological polar surface area (TPSA) is 108 Å². The molecule has 2 aliphatic rings. The Labute approximate surface area is 184 Å². The van der Waals surface area contributed by atoms with Gasteiger partial charge in [-0.3, -0.25) is 0 Å². The molecule has 0 fully saturated rings. The molecule has 0 aliphatic carbocycles. The molecule has 0 spiro atoms. The second-order valence-corrected chi connectivity index (χ2v) is 6.60. The van der Waals surface area contributed by atoms with Crippen molar-refractivity contribution in [3.8, 4) is 0 Å². The van der Waals surface area contributed by atoms with Crippen molar-refractivity contribution >= 4 is 29.6 Å². The van der Waals surface area contributed by atoms with E-state index >= 15 is 0 Å². The van der Waals surface area contributed by atoms with Crippen molar-refractivity contribution in [1.82, 2.24) is 4.90 Å². The molecular weight excluding hydrogens is 418 g/mol. The van der Waals surface area contributed by atoms with E-state index in [-0.39, 0.29) is 11.3 Å². The van der Waals surface area contributed by atoms with Crippen molar-refractivity contribution in [3.05, 3.63) is 76.5 Å². The van der Waals surface area contributed by atoms with Crippen LogP contribution in [0.4, 0.5) is 0 Å². The minimum Gasteiger partial charge on any atom is -0.466 e. The predicted molar refractivity (Wildman–Crippen MR) is 111 cm³/mol. The largest absolute Gasteiger partial charge is 0.466 e. The number of carbonyl (C=O) groups excluding carboxylic acids is 4. The molecule has 0 aromatic heterocycles. The summed E-state index contributed by atoms with van der Waals surface area (Å²) in [7, 11) is 4.47. The van der Waals surface area contributed by atoms with Gasteiger partial charge in [0.2, 0.25) is 0 Å². The molecule has 3 rings (SSSR count). The van der Waals surface area contributed by atoms with Gasteiger partial charge in [0, 0.05) is 5.70 Å². The van der Waals surface area contributed by atoms with Crippen LogP contribution in [0, 0.1) is 0 Å². The summed E-state index contributed by atoms with van der Waals surface area (Å²) in [6, 6.07) is 8.06. The fourth-order valence-electron chi connectivity index (χ4n) is 3.66. The van der Waals surface area contributed by atoms with E-state index in [0.29, 0.717) is 11.3 Å². The monoisotopic (exact) mass is 439 g/mol. The predicted octanol–water partition coefficient (Wildman–Crippen LogP) is 1.52. The van der Waals surface area contributed by atoms with Crippen LogP contribution in [-0.4, -0.2) is 63.3 Å². The van der Waals surface area contributed by atoms with E-state index < -0.39 is 41.1 Å². The van der Waals surface area contributed by atoms with E-state index in [1.54, 1.807) is 42.5 Å². The van der Waals surface area contributed by atoms with Crippen LogP contribution >= 0.6 is 0 Å². The summed E-state index contributed by atoms with van der Waals surface area (Å²) in [6.07, 6.45) is 4.99. The Hall–Kier alpha value is -4.14. The zero-order chi connectivity index (χ0) is 23.4. The van der Waals surface area contributed by atoms with Crippen LogP contribution in [0.1, 0.15) is 5.56 Å². The van der Waals surface area contributed by atoms with E-state index in [4.69, 9.17) is 18.9 Å². The van der Waals surface area contributed by atoms with E-state index in [0.717, 1.165) is 28.4 Å². The second kappa shape index (κ2) is 9.34. The quantitative estimate of drug-likeness (QED) is 0.498. The van der Waals surface area contributed by atoms with Crippen molar-refractivity contribution in [1.29, 1.82) is 0 Å². The second-order valence-electron chi connectivity index (χ2n) is 6.60. The van der Waals surface area contributed by atoms with Crippen molar-refractivity contribution in [2.24, 2.45) is 0 Å². The molecule has 0 radical (unpaired) electrons. The lowest BCUT2D eigenvalue weighted by Crippen LogP contribution is -2.46. The first kappa shape index (κ1) is 22.5. The number of esters is 4. The molecule has 1 aromatic carbocycles. The number of nitrogens with zero attached hydrogens (tertiary/aromatic N) is 1. The molecule has 0 amide bonds. The molecule has 32 heavy (non-hydrogen) atoms. The number of hydrogen-bond acceptors (Lipinski definition) is 9. The van der Waals surface area contributed by atoms with Gasteiger partial charge in [0.25, 0.3) is 0 Å². The molecule has 1 aromatic rings. The highest BCUT2D eigenvalue weighted by molar-refractivity contribution is 6.17. The van der Waals surface area contributed by atoms with Crippen LogP contribution in [0.2, 0.25) is 0 Å². The van der Waals surface area contributed by atoms with Crippen LogP contribution in [0.5, 0.6) is 0 Å². The molecule has 0 saturated heterocycles. The molecule has 2 heterocycles. The summed E-state index contributed by atoms with van der Waals surface area (Å²) in [5.74, 6) is -3.80. The highest BCUT2D eigenvalue weighted by Gasteiger charge is 2.47. The Morgan fingerprint density at radius 1 is 0.750 bits per heavy atom. The highest BCUT2D eigenvalue weighted by Crippen LogP contribution is 2.42. The molecule has 166 valence electrons. The van der Waals surface area contributed by atoms with Gasteiger partial charge in [-0.2, -0.15) is 0 Å². The first-order valence-electron chi connectivity index (χ1n) is 9.46. The van der Waals surface area contributed by atoms with Crippen molar-refractivity contribution < 1.29 is 38.1 Å². The van der Waals surface area contributed by atoms with Crippen LogP contribution in [0.3, 0.4) is 0 Å². The van der Waals surface area contributed by atoms with Crippen molar-refractivity contribution in [3.63, 3.8) is 0 Å². The lowest BCUT2D eigenvalue weighted by Gasteiger charge is -2.41. The zero-order valence-electron chi connectivity index (χ0n) is 17.9. The standard InChI is InChI=1S/C23H21NO8/c1-29-20(25)16-15-12-8-11-14(13-9-6-5-7-10-13)24(15)19(23(28)32-4)18(22(27)31-3)17(16)21(26)30-2/h5-12,15H,1-4H3. The van der Waals surface area contributed by atoms with Gasteiger partial charge in [0.05, 0.1) is 45.6 Å². The number of allylic oxidation sites excluding steroid dienone is 2. The zero-order valence-corrected chi connectivity index (χ0v) is 17.9. The molecule has 0 bridgehead atoms. The van der Waals surface area contributed by atoms with E-state index in [1.807, 2.05) is 6.07 Å². The SMILES string of the molecule is COC(=O)C1=C(C(=O)OC)C2C=CC=C(c3ccccc3)N2C(C(=O)OC)=C1C(=O)OC. The van der Waals surface area contributed by atoms with Gasteiger partial charge < -0.3 is 23.8 Å². The average molecular weight is 439 g/mol. The number of fused-ring (bicyclic) bond motifs is 1. The lowest BCUT2D eigenvalue weighted by atomic mass is 9.85. The number of methoxy groups -OCH3 is 4. The first-order chi connectivity index (χ1) is 15.4. The van der Waals surface area contributed by atoms with E-state index in [9.17, 15) is 19.2 Å². The third-order valence-electron chi connectivity index (χ3n) is 5.01. The van der Waals surface area contributed by atoms with Crippen LogP contribution in [0.15, 0.2) is 71.0 Å². The fourth-order valence-corrected chi connectivity index (χ4v) is 3.66. The van der Waals surface area contributed by atoms with Gasteiger partial charge in [-0.05, 0) is 11.6 Å². The number of ether oxygens (including phenoxy) is 4. The Morgan fingerprint density at radius 3 is 1.88 bits per heavy atom. The summed E-state index contributed by atoms with van der Waals surface area (Å²) >= 11 is 0. The van der Waals surface area contributed by atoms with Crippen LogP contribution in [0.25, 0.3) is 5.70 Å². The molecule has 0 saturated carbocycles. The minimum atomic E-state index is -1.02. The minimum absolute atomic E-state index is 0.176. The highest BCUT2D eigenvalue weighted by atomic mass is 16.5. The van der Waals surface area contributed by atoms with Gasteiger partial charge in [-0.25, -0.2) is 19.2 Å². The third kappa shape index (κ3) is 3.68. The van der Waals surface area contributed by atoms with Crippen molar-refractivity contribution in [2.75, 3.05) is 28.4 Å². The van der Waals surface area contributed by atoms with Crippen LogP contribution in [-0.2, 0) is 38.1 Å². The molecule has 9 nitrogen and oxygen atoms in total. The summed E-state index contributed by atoms with van der Waals surface area (Å²) in [4.78, 5) is 52.9. The summed E-state index contributed by atoms with van der Waals surface area (Å²) in [6.45, 7) is 0. The number of hydrogen-bond donors (Lipinski definition) is 0. The Kier molecular flexibility index (Phi) is 6.58. The normalized spacial score (nSPS) is 17.3. The summed E-state index contributed by atoms with van der Waals surface area (Å²) in [5, 5.41) is 0. The van der Waals surface area contributed by atoms with E-state index in [2.05, 4.69) is 0 Å². The summed E-state index contributed by atoms with van der Waals surface area (Å²) < 4.78 is 19.6. The van der Waals surface area contributed by atoms with Crippen LogP contribution < -0.4 is 0 Å². The Morgan fingerprint density at radius 2 is 1.31 bits per heavy atom. The number of carbonyl (C=O) groups is 4. The van der Waals surface area contributed by atoms with Gasteiger partial charge in [0.15, 0.2) is 0 Å². The molecule has 2 aliphatic heterocycles. The molecule has 1 atom stereocenters. The Balaban J connectivity index is 2.45. The maximum atomic E-state index is 13.0. The molecule has 0 N–H and O–H groups in total. The molecule has 9 heteroatoms. The maximum Gasteiger partial charge on any atom is 0.355 e. The maximum absolute atomic E-state index is 13.0. The summed E-state index contributed by atoms with van der Waals surface area (Å²) in [5.41, 5.74) is -0.141. The average Bonchev–Trinajstić information content (AvgIpc) is 2.85. The lowest BCUT2D eigenvalue weighted by molar-refractivity contribution is -0.143. The molecule has 1 unspecified atom stereocenters. The smallest absolute Gasteiger partial charge is 0.355 e. The van der Waals surface area contributed by atoms with E-state index in [1.165, 1.54) is 4.90 Å². The van der Waals surface area contributed by atoms with Gasteiger partial charge in [0.1, 0.15) is 11.3 Å². The number of rotatable bonds is 5. The fraction of sp³-hybridized carbons (Fsp3) is 0.217. The third-order valence-corrected chi connectivity index (χ3v) is 5.01. The first-order valence-corrected chi connectivity index (χ1v) is 9.46. The van der Waals surface area contributed by atoms with Crippen molar-refractivity contribution in [2.45, 2.75) is 6.04 Å². The van der Waals surface area contributed by atoms with Gasteiger partial charge in [-0.1, -0.05) is 42.5 Å². The van der Waals surface area contributed by atoms with Gasteiger partial charge in [-0.15, -0.1) is 0 Å². The van der Waals surface area contributed by atoms with Gasteiger partial charge >= 0.3 is 23.9 Å².